The number of rotatable bonds is 12. The van der Waals surface area contributed by atoms with Crippen LogP contribution in [0.2, 0.25) is 0 Å². The number of nitrogens with one attached hydrogen (secondary N) is 2. The SMILES string of the molecule is CN(c1ccccc1)S(=O)c1cccc(NC(=O)N(Cc2ccc(C(=O)NCC(F)(F)C(=O)O)cc2)c2ccc(C3=CCCCC3)cc2)c1. The zero-order chi connectivity index (χ0) is 35.0. The van der Waals surface area contributed by atoms with Crippen molar-refractivity contribution in [1.82, 2.24) is 5.32 Å². The molecule has 3 N–H and O–H groups in total. The first-order valence-electron chi connectivity index (χ1n) is 15.7. The van der Waals surface area contributed by atoms with Crippen LogP contribution in [0.4, 0.5) is 30.6 Å². The molecule has 1 atom stereocenters. The molecule has 0 fully saturated rings. The highest BCUT2D eigenvalue weighted by atomic mass is 32.2. The van der Waals surface area contributed by atoms with Gasteiger partial charge in [-0.2, -0.15) is 8.78 Å². The number of nitrogens with zero attached hydrogens (tertiary/aromatic N) is 2. The summed E-state index contributed by atoms with van der Waals surface area (Å²) in [7, 11) is 0.185. The lowest BCUT2D eigenvalue weighted by Gasteiger charge is -2.24. The van der Waals surface area contributed by atoms with Crippen LogP contribution in [0.1, 0.15) is 47.2 Å². The molecule has 0 saturated carbocycles. The van der Waals surface area contributed by atoms with Crippen molar-refractivity contribution in [3.63, 3.8) is 0 Å². The van der Waals surface area contributed by atoms with Crippen molar-refractivity contribution in [2.24, 2.45) is 0 Å². The number of anilines is 3. The molecule has 4 aromatic rings. The Bertz CT molecular complexity index is 1850. The Labute approximate surface area is 285 Å². The molecule has 0 radical (unpaired) electrons. The van der Waals surface area contributed by atoms with Crippen molar-refractivity contribution < 1.29 is 32.5 Å². The highest BCUT2D eigenvalue weighted by molar-refractivity contribution is 7.86. The number of amides is 3. The van der Waals surface area contributed by atoms with E-state index in [1.165, 1.54) is 29.0 Å². The molecule has 1 unspecified atom stereocenters. The van der Waals surface area contributed by atoms with Crippen LogP contribution < -0.4 is 19.8 Å². The van der Waals surface area contributed by atoms with Crippen molar-refractivity contribution in [3.05, 3.63) is 126 Å². The highest BCUT2D eigenvalue weighted by Crippen LogP contribution is 2.29. The van der Waals surface area contributed by atoms with Crippen molar-refractivity contribution >= 4 is 51.5 Å². The number of para-hydroxylation sites is 1. The fraction of sp³-hybridized carbons (Fsp3) is 0.216. The second kappa shape index (κ2) is 15.7. The average Bonchev–Trinajstić information content (AvgIpc) is 3.13. The van der Waals surface area contributed by atoms with Crippen LogP contribution in [0.15, 0.2) is 114 Å². The van der Waals surface area contributed by atoms with Gasteiger partial charge in [-0.25, -0.2) is 13.8 Å². The van der Waals surface area contributed by atoms with Crippen molar-refractivity contribution in [2.75, 3.05) is 28.1 Å². The number of carboxylic acid groups (broad SMARTS) is 1. The highest BCUT2D eigenvalue weighted by Gasteiger charge is 2.39. The number of hydrogen-bond acceptors (Lipinski definition) is 4. The van der Waals surface area contributed by atoms with Gasteiger partial charge in [0, 0.05) is 29.7 Å². The number of alkyl halides is 2. The molecule has 0 bridgehead atoms. The molecule has 1 aliphatic rings. The molecule has 4 aromatic carbocycles. The summed E-state index contributed by atoms with van der Waals surface area (Å²) >= 11 is 0. The molecule has 0 spiro atoms. The fourth-order valence-corrected chi connectivity index (χ4v) is 6.37. The van der Waals surface area contributed by atoms with Crippen molar-refractivity contribution in [1.29, 1.82) is 0 Å². The minimum absolute atomic E-state index is 0.0522. The van der Waals surface area contributed by atoms with Gasteiger partial charge in [0.25, 0.3) is 5.91 Å². The van der Waals surface area contributed by atoms with E-state index in [0.717, 1.165) is 30.5 Å². The van der Waals surface area contributed by atoms with Crippen LogP contribution in [0.25, 0.3) is 5.57 Å². The van der Waals surface area contributed by atoms with E-state index >= 15 is 0 Å². The zero-order valence-corrected chi connectivity index (χ0v) is 27.6. The summed E-state index contributed by atoms with van der Waals surface area (Å²) in [6.45, 7) is -1.25. The third-order valence-electron chi connectivity index (χ3n) is 8.08. The Morgan fingerprint density at radius 2 is 1.59 bits per heavy atom. The minimum Gasteiger partial charge on any atom is -0.477 e. The van der Waals surface area contributed by atoms with Crippen molar-refractivity contribution in [2.45, 2.75) is 43.0 Å². The van der Waals surface area contributed by atoms with Gasteiger partial charge in [0.05, 0.1) is 18.0 Å². The predicted octanol–water partition coefficient (Wildman–Crippen LogP) is 7.49. The quantitative estimate of drug-likeness (QED) is 0.143. The lowest BCUT2D eigenvalue weighted by molar-refractivity contribution is -0.163. The number of carbonyl (C=O) groups is 3. The maximum Gasteiger partial charge on any atom is 0.376 e. The largest absolute Gasteiger partial charge is 0.477 e. The van der Waals surface area contributed by atoms with Crippen molar-refractivity contribution in [3.8, 4) is 0 Å². The standard InChI is InChI=1S/C37H36F2N4O5S/c1-42(31-12-6-3-7-13-31)49(48)33-14-8-11-30(23-33)41-36(47)43(32-21-19-28(20-22-32)27-9-4-2-5-10-27)24-26-15-17-29(18-16-26)34(44)40-25-37(38,39)35(45)46/h3,6-9,11-23H,2,4-5,10,24-25H2,1H3,(H,40,44)(H,41,47)(H,45,46). The second-order valence-corrected chi connectivity index (χ2v) is 13.1. The molecule has 49 heavy (non-hydrogen) atoms. The molecule has 1 aliphatic carbocycles. The molecule has 0 heterocycles. The topological polar surface area (TPSA) is 119 Å². The van der Waals surface area contributed by atoms with Gasteiger partial charge in [0.2, 0.25) is 0 Å². The van der Waals surface area contributed by atoms with E-state index in [2.05, 4.69) is 11.4 Å². The first kappa shape index (κ1) is 35.0. The molecule has 0 saturated heterocycles. The Kier molecular flexibility index (Phi) is 11.2. The molecule has 254 valence electrons. The van der Waals surface area contributed by atoms with E-state index in [-0.39, 0.29) is 12.1 Å². The molecule has 0 aromatic heterocycles. The number of carboxylic acids is 1. The number of urea groups is 1. The number of hydrogen-bond donors (Lipinski definition) is 3. The molecular formula is C37H36F2N4O5S. The Morgan fingerprint density at radius 1 is 0.878 bits per heavy atom. The summed E-state index contributed by atoms with van der Waals surface area (Å²) in [6, 6.07) is 29.4. The van der Waals surface area contributed by atoms with E-state index in [1.807, 2.05) is 59.9 Å². The molecule has 3 amide bonds. The number of aliphatic carboxylic acids is 1. The van der Waals surface area contributed by atoms with E-state index in [0.29, 0.717) is 21.8 Å². The molecule has 5 rings (SSSR count). The Balaban J connectivity index is 1.35. The van der Waals surface area contributed by atoms with Crippen LogP contribution in [0.3, 0.4) is 0 Å². The van der Waals surface area contributed by atoms with Crippen LogP contribution in [-0.2, 0) is 22.3 Å². The number of benzene rings is 4. The van der Waals surface area contributed by atoms with E-state index < -0.39 is 41.4 Å². The molecule has 12 heteroatoms. The first-order valence-corrected chi connectivity index (χ1v) is 16.8. The van der Waals surface area contributed by atoms with E-state index in [9.17, 15) is 27.4 Å². The average molecular weight is 687 g/mol. The summed E-state index contributed by atoms with van der Waals surface area (Å²) < 4.78 is 41.9. The Morgan fingerprint density at radius 3 is 2.24 bits per heavy atom. The van der Waals surface area contributed by atoms with E-state index in [4.69, 9.17) is 5.11 Å². The van der Waals surface area contributed by atoms with Crippen LogP contribution >= 0.6 is 0 Å². The summed E-state index contributed by atoms with van der Waals surface area (Å²) in [4.78, 5) is 39.0. The van der Waals surface area contributed by atoms with Gasteiger partial charge >= 0.3 is 17.9 Å². The minimum atomic E-state index is -4.10. The van der Waals surface area contributed by atoms with Gasteiger partial charge in [0.15, 0.2) is 11.0 Å². The lowest BCUT2D eigenvalue weighted by atomic mass is 9.93. The van der Waals surface area contributed by atoms with Gasteiger partial charge in [-0.15, -0.1) is 0 Å². The Hall–Kier alpha value is -5.36. The maximum atomic E-state index is 13.9. The smallest absolute Gasteiger partial charge is 0.376 e. The summed E-state index contributed by atoms with van der Waals surface area (Å²) in [5.74, 6) is -7.28. The fourth-order valence-electron chi connectivity index (χ4n) is 5.31. The van der Waals surface area contributed by atoms with Crippen LogP contribution in [0.5, 0.6) is 0 Å². The molecule has 0 aliphatic heterocycles. The summed E-state index contributed by atoms with van der Waals surface area (Å²) in [5, 5.41) is 13.5. The third kappa shape index (κ3) is 8.96. The number of carbonyl (C=O) groups excluding carboxylic acids is 2. The normalized spacial score (nSPS) is 13.5. The molecule has 9 nitrogen and oxygen atoms in total. The number of halogens is 2. The summed E-state index contributed by atoms with van der Waals surface area (Å²) in [5.41, 5.74) is 4.88. The van der Waals surface area contributed by atoms with Gasteiger partial charge in [0.1, 0.15) is 0 Å². The number of allylic oxidation sites excluding steroid dienone is 2. The third-order valence-corrected chi connectivity index (χ3v) is 9.45. The monoisotopic (exact) mass is 686 g/mol. The van der Waals surface area contributed by atoms with Gasteiger partial charge in [-0.3, -0.25) is 14.0 Å². The maximum absolute atomic E-state index is 13.9. The zero-order valence-electron chi connectivity index (χ0n) is 26.8. The van der Waals surface area contributed by atoms with E-state index in [1.54, 1.807) is 47.8 Å². The van der Waals surface area contributed by atoms with Gasteiger partial charge < -0.3 is 15.7 Å². The second-order valence-electron chi connectivity index (χ2n) is 11.5. The summed E-state index contributed by atoms with van der Waals surface area (Å²) in [6.07, 6.45) is 6.57. The van der Waals surface area contributed by atoms with Crippen LogP contribution in [-0.4, -0.2) is 46.7 Å². The first-order chi connectivity index (χ1) is 23.5. The van der Waals surface area contributed by atoms with Gasteiger partial charge in [-0.05, 0) is 97.0 Å². The molecular weight excluding hydrogens is 650 g/mol. The lowest BCUT2D eigenvalue weighted by Crippen LogP contribution is -2.42. The van der Waals surface area contributed by atoms with Crippen LogP contribution in [0, 0.1) is 0 Å². The van der Waals surface area contributed by atoms with Gasteiger partial charge in [-0.1, -0.05) is 54.6 Å². The predicted molar refractivity (Wildman–Crippen MR) is 187 cm³/mol.